The molecule has 1 N–H and O–H groups in total. The minimum absolute atomic E-state index is 0.226. The second-order valence-electron chi connectivity index (χ2n) is 5.12. The predicted octanol–water partition coefficient (Wildman–Crippen LogP) is 2.05. The van der Waals surface area contributed by atoms with Crippen LogP contribution in [0, 0.1) is 0 Å². The van der Waals surface area contributed by atoms with Crippen molar-refractivity contribution in [2.24, 2.45) is 0 Å². The Morgan fingerprint density at radius 1 is 0.952 bits per heavy atom. The molecular formula is C16H16N2O3. The average molecular weight is 284 g/mol. The van der Waals surface area contributed by atoms with Crippen molar-refractivity contribution in [2.75, 3.05) is 6.54 Å². The fourth-order valence-corrected chi connectivity index (χ4v) is 2.57. The molecule has 1 aliphatic heterocycles. The van der Waals surface area contributed by atoms with Crippen LogP contribution in [0.5, 0.6) is 5.75 Å². The molecule has 0 atom stereocenters. The second-order valence-corrected chi connectivity index (χ2v) is 5.12. The number of imide groups is 1. The Morgan fingerprint density at radius 3 is 2.43 bits per heavy atom. The SMILES string of the molecule is O=C1C=CC(=O)N1CCCCn1ccc2ccc(O)cc21. The van der Waals surface area contributed by atoms with Gasteiger partial charge in [-0.2, -0.15) is 0 Å². The number of fused-ring (bicyclic) bond motifs is 1. The molecule has 0 saturated heterocycles. The molecule has 0 radical (unpaired) electrons. The summed E-state index contributed by atoms with van der Waals surface area (Å²) in [5, 5.41) is 10.6. The molecule has 3 rings (SSSR count). The molecule has 1 aromatic heterocycles. The van der Waals surface area contributed by atoms with Gasteiger partial charge in [0.1, 0.15) is 5.75 Å². The Kier molecular flexibility index (Phi) is 3.48. The number of aromatic nitrogens is 1. The zero-order valence-corrected chi connectivity index (χ0v) is 11.5. The Labute approximate surface area is 122 Å². The van der Waals surface area contributed by atoms with E-state index in [1.807, 2.05) is 18.3 Å². The molecule has 0 bridgehead atoms. The van der Waals surface area contributed by atoms with E-state index in [0.717, 1.165) is 30.3 Å². The lowest BCUT2D eigenvalue weighted by Gasteiger charge is -2.13. The standard InChI is InChI=1S/C16H16N2O3/c19-13-4-3-12-7-10-17(14(12)11-13)8-1-2-9-18-15(20)5-6-16(18)21/h3-7,10-11,19H,1-2,8-9H2. The number of phenols is 1. The van der Waals surface area contributed by atoms with Crippen LogP contribution < -0.4 is 0 Å². The van der Waals surface area contributed by atoms with E-state index in [-0.39, 0.29) is 17.6 Å². The highest BCUT2D eigenvalue weighted by Crippen LogP contribution is 2.21. The third kappa shape index (κ3) is 2.67. The minimum Gasteiger partial charge on any atom is -0.508 e. The molecule has 0 fully saturated rings. The van der Waals surface area contributed by atoms with Crippen molar-refractivity contribution >= 4 is 22.7 Å². The van der Waals surface area contributed by atoms with Crippen LogP contribution >= 0.6 is 0 Å². The third-order valence-corrected chi connectivity index (χ3v) is 3.69. The Morgan fingerprint density at radius 2 is 1.67 bits per heavy atom. The van der Waals surface area contributed by atoms with Crippen molar-refractivity contribution in [3.05, 3.63) is 42.6 Å². The van der Waals surface area contributed by atoms with Gasteiger partial charge in [-0.05, 0) is 36.4 Å². The van der Waals surface area contributed by atoms with Crippen LogP contribution in [0.1, 0.15) is 12.8 Å². The number of carbonyl (C=O) groups excluding carboxylic acids is 2. The number of phenolic OH excluding ortho intramolecular Hbond substituents is 1. The van der Waals surface area contributed by atoms with Gasteiger partial charge in [0.05, 0.1) is 5.52 Å². The fourth-order valence-electron chi connectivity index (χ4n) is 2.57. The first-order valence-electron chi connectivity index (χ1n) is 6.96. The number of hydrogen-bond donors (Lipinski definition) is 1. The molecule has 1 aromatic carbocycles. The predicted molar refractivity (Wildman–Crippen MR) is 78.7 cm³/mol. The largest absolute Gasteiger partial charge is 0.508 e. The van der Waals surface area contributed by atoms with E-state index in [0.29, 0.717) is 6.54 Å². The molecular weight excluding hydrogens is 268 g/mol. The molecule has 108 valence electrons. The van der Waals surface area contributed by atoms with Gasteiger partial charge in [-0.15, -0.1) is 0 Å². The topological polar surface area (TPSA) is 62.5 Å². The first-order valence-corrected chi connectivity index (χ1v) is 6.96. The number of rotatable bonds is 5. The van der Waals surface area contributed by atoms with Crippen molar-refractivity contribution in [3.8, 4) is 5.75 Å². The van der Waals surface area contributed by atoms with Crippen LogP contribution in [0.25, 0.3) is 10.9 Å². The van der Waals surface area contributed by atoms with Gasteiger partial charge in [0.25, 0.3) is 11.8 Å². The lowest BCUT2D eigenvalue weighted by atomic mass is 10.2. The molecule has 21 heavy (non-hydrogen) atoms. The van der Waals surface area contributed by atoms with Gasteiger partial charge < -0.3 is 9.67 Å². The van der Waals surface area contributed by atoms with E-state index in [4.69, 9.17) is 0 Å². The van der Waals surface area contributed by atoms with Crippen molar-refractivity contribution in [3.63, 3.8) is 0 Å². The fraction of sp³-hybridized carbons (Fsp3) is 0.250. The molecule has 0 aliphatic carbocycles. The summed E-state index contributed by atoms with van der Waals surface area (Å²) in [6, 6.07) is 7.30. The molecule has 0 spiro atoms. The summed E-state index contributed by atoms with van der Waals surface area (Å²) >= 11 is 0. The van der Waals surface area contributed by atoms with Gasteiger partial charge in [-0.1, -0.05) is 0 Å². The van der Waals surface area contributed by atoms with E-state index in [2.05, 4.69) is 4.57 Å². The smallest absolute Gasteiger partial charge is 0.253 e. The molecule has 0 unspecified atom stereocenters. The molecule has 2 aromatic rings. The van der Waals surface area contributed by atoms with Crippen molar-refractivity contribution < 1.29 is 14.7 Å². The summed E-state index contributed by atoms with van der Waals surface area (Å²) in [6.07, 6.45) is 6.22. The van der Waals surface area contributed by atoms with Crippen LogP contribution in [0.3, 0.4) is 0 Å². The Bertz CT molecular complexity index is 712. The number of carbonyl (C=O) groups is 2. The lowest BCUT2D eigenvalue weighted by molar-refractivity contribution is -0.136. The number of unbranched alkanes of at least 4 members (excludes halogenated alkanes) is 1. The number of hydrogen-bond acceptors (Lipinski definition) is 3. The lowest BCUT2D eigenvalue weighted by Crippen LogP contribution is -2.30. The highest BCUT2D eigenvalue weighted by Gasteiger charge is 2.22. The van der Waals surface area contributed by atoms with E-state index < -0.39 is 0 Å². The summed E-state index contributed by atoms with van der Waals surface area (Å²) in [6.45, 7) is 1.24. The van der Waals surface area contributed by atoms with Gasteiger partial charge in [-0.25, -0.2) is 0 Å². The number of benzene rings is 1. The molecule has 5 nitrogen and oxygen atoms in total. The number of nitrogens with zero attached hydrogens (tertiary/aromatic N) is 2. The molecule has 5 heteroatoms. The monoisotopic (exact) mass is 284 g/mol. The molecule has 2 amide bonds. The van der Waals surface area contributed by atoms with Crippen LogP contribution in [-0.4, -0.2) is 32.9 Å². The van der Waals surface area contributed by atoms with Gasteiger partial charge >= 0.3 is 0 Å². The summed E-state index contributed by atoms with van der Waals surface area (Å²) in [5.41, 5.74) is 0.991. The van der Waals surface area contributed by atoms with Crippen molar-refractivity contribution in [2.45, 2.75) is 19.4 Å². The van der Waals surface area contributed by atoms with Gasteiger partial charge in [-0.3, -0.25) is 14.5 Å². The van der Waals surface area contributed by atoms with Gasteiger partial charge in [0.2, 0.25) is 0 Å². The van der Waals surface area contributed by atoms with Crippen LogP contribution in [0.4, 0.5) is 0 Å². The quantitative estimate of drug-likeness (QED) is 0.675. The van der Waals surface area contributed by atoms with Gasteiger partial charge in [0.15, 0.2) is 0 Å². The minimum atomic E-state index is -0.226. The number of aromatic hydroxyl groups is 1. The molecule has 1 aliphatic rings. The normalized spacial score (nSPS) is 14.6. The second kappa shape index (κ2) is 5.44. The summed E-state index contributed by atoms with van der Waals surface area (Å²) < 4.78 is 2.07. The van der Waals surface area contributed by atoms with E-state index in [1.54, 1.807) is 12.1 Å². The number of aryl methyl sites for hydroxylation is 1. The average Bonchev–Trinajstić information content (AvgIpc) is 3.00. The first-order chi connectivity index (χ1) is 10.1. The summed E-state index contributed by atoms with van der Waals surface area (Å²) in [7, 11) is 0. The van der Waals surface area contributed by atoms with Crippen molar-refractivity contribution in [1.82, 2.24) is 9.47 Å². The van der Waals surface area contributed by atoms with Crippen LogP contribution in [0.2, 0.25) is 0 Å². The maximum Gasteiger partial charge on any atom is 0.253 e. The Hall–Kier alpha value is -2.56. The van der Waals surface area contributed by atoms with E-state index in [9.17, 15) is 14.7 Å². The van der Waals surface area contributed by atoms with Gasteiger partial charge in [0, 0.05) is 37.5 Å². The maximum absolute atomic E-state index is 11.4. The Balaban J connectivity index is 1.56. The molecule has 2 heterocycles. The van der Waals surface area contributed by atoms with E-state index >= 15 is 0 Å². The zero-order valence-electron chi connectivity index (χ0n) is 11.5. The first kappa shape index (κ1) is 13.4. The van der Waals surface area contributed by atoms with Crippen molar-refractivity contribution in [1.29, 1.82) is 0 Å². The van der Waals surface area contributed by atoms with E-state index in [1.165, 1.54) is 17.1 Å². The summed E-state index contributed by atoms with van der Waals surface area (Å²) in [4.78, 5) is 24.1. The third-order valence-electron chi connectivity index (χ3n) is 3.69. The number of amides is 2. The van der Waals surface area contributed by atoms with Crippen LogP contribution in [-0.2, 0) is 16.1 Å². The summed E-state index contributed by atoms with van der Waals surface area (Å²) in [5.74, 6) is -0.200. The molecule has 0 saturated carbocycles. The zero-order chi connectivity index (χ0) is 14.8. The highest BCUT2D eigenvalue weighted by molar-refractivity contribution is 6.12. The van der Waals surface area contributed by atoms with Crippen LogP contribution in [0.15, 0.2) is 42.6 Å². The maximum atomic E-state index is 11.4. The highest BCUT2D eigenvalue weighted by atomic mass is 16.3.